The van der Waals surface area contributed by atoms with Gasteiger partial charge >= 0.3 is 23.9 Å². The third-order valence-electron chi connectivity index (χ3n) is 5.75. The lowest BCUT2D eigenvalue weighted by Crippen LogP contribution is -2.20. The van der Waals surface area contributed by atoms with Crippen molar-refractivity contribution in [1.29, 1.82) is 0 Å². The van der Waals surface area contributed by atoms with Crippen molar-refractivity contribution in [2.75, 3.05) is 13.2 Å². The lowest BCUT2D eigenvalue weighted by atomic mass is 10.00. The molecule has 0 aliphatic heterocycles. The summed E-state index contributed by atoms with van der Waals surface area (Å²) in [6.07, 6.45) is 14.8. The predicted octanol–water partition coefficient (Wildman–Crippen LogP) is 5.94. The first-order valence-corrected chi connectivity index (χ1v) is 13.5. The molecule has 0 fully saturated rings. The standard InChI is InChI=1S/C29H46O8/c1-5-9-13-17-24(36-27(31)7-3)19-16-20-25(37-28(32)8-4)18-14-11-10-12-15-21-29(33)35-23-22-34-26(30)6-2/h6-8,24-25H,2-5,9-23H2,1H3. The molecule has 0 bridgehead atoms. The zero-order chi connectivity index (χ0) is 27.7. The van der Waals surface area contributed by atoms with E-state index in [4.69, 9.17) is 18.9 Å². The van der Waals surface area contributed by atoms with E-state index in [0.717, 1.165) is 83.1 Å². The van der Waals surface area contributed by atoms with Crippen LogP contribution in [0.5, 0.6) is 0 Å². The van der Waals surface area contributed by atoms with Gasteiger partial charge in [0.2, 0.25) is 0 Å². The first-order valence-electron chi connectivity index (χ1n) is 13.5. The molecule has 0 spiro atoms. The Balaban J connectivity index is 4.22. The maximum absolute atomic E-state index is 11.8. The normalized spacial score (nSPS) is 12.0. The van der Waals surface area contributed by atoms with Gasteiger partial charge < -0.3 is 18.9 Å². The van der Waals surface area contributed by atoms with E-state index >= 15 is 0 Å². The van der Waals surface area contributed by atoms with Crippen LogP contribution in [0.4, 0.5) is 0 Å². The Labute approximate surface area is 222 Å². The number of ether oxygens (including phenoxy) is 4. The van der Waals surface area contributed by atoms with Gasteiger partial charge in [-0.1, -0.05) is 58.8 Å². The summed E-state index contributed by atoms with van der Waals surface area (Å²) in [4.78, 5) is 46.0. The Morgan fingerprint density at radius 2 is 1.05 bits per heavy atom. The molecule has 2 unspecified atom stereocenters. The summed E-state index contributed by atoms with van der Waals surface area (Å²) in [5, 5.41) is 0. The molecule has 0 aromatic heterocycles. The van der Waals surface area contributed by atoms with Gasteiger partial charge in [0.1, 0.15) is 25.4 Å². The summed E-state index contributed by atoms with van der Waals surface area (Å²) in [6.45, 7) is 12.4. The Kier molecular flexibility index (Phi) is 21.7. The molecule has 0 saturated heterocycles. The molecule has 0 radical (unpaired) electrons. The van der Waals surface area contributed by atoms with E-state index in [1.807, 2.05) is 0 Å². The lowest BCUT2D eigenvalue weighted by molar-refractivity contribution is -0.149. The van der Waals surface area contributed by atoms with Crippen LogP contribution in [0.15, 0.2) is 38.0 Å². The van der Waals surface area contributed by atoms with E-state index in [9.17, 15) is 19.2 Å². The van der Waals surface area contributed by atoms with Gasteiger partial charge in [-0.05, 0) is 51.4 Å². The van der Waals surface area contributed by atoms with Crippen molar-refractivity contribution >= 4 is 23.9 Å². The van der Waals surface area contributed by atoms with Gasteiger partial charge in [0, 0.05) is 24.6 Å². The van der Waals surface area contributed by atoms with Crippen LogP contribution < -0.4 is 0 Å². The molecule has 0 saturated carbocycles. The number of carbonyl (C=O) groups excluding carboxylic acids is 4. The van der Waals surface area contributed by atoms with E-state index in [-0.39, 0.29) is 31.4 Å². The lowest BCUT2D eigenvalue weighted by Gasteiger charge is -2.20. The summed E-state index contributed by atoms with van der Waals surface area (Å²) in [6, 6.07) is 0. The van der Waals surface area contributed by atoms with Crippen LogP contribution in [-0.2, 0) is 38.1 Å². The predicted molar refractivity (Wildman–Crippen MR) is 143 cm³/mol. The molecule has 8 heteroatoms. The van der Waals surface area contributed by atoms with Gasteiger partial charge in [0.25, 0.3) is 0 Å². The van der Waals surface area contributed by atoms with Crippen molar-refractivity contribution in [3.63, 3.8) is 0 Å². The molecular weight excluding hydrogens is 476 g/mol. The van der Waals surface area contributed by atoms with Crippen LogP contribution in [0.2, 0.25) is 0 Å². The van der Waals surface area contributed by atoms with Gasteiger partial charge in [-0.15, -0.1) is 0 Å². The van der Waals surface area contributed by atoms with Crippen molar-refractivity contribution in [3.8, 4) is 0 Å². The van der Waals surface area contributed by atoms with Gasteiger partial charge in [-0.3, -0.25) is 4.79 Å². The monoisotopic (exact) mass is 522 g/mol. The highest BCUT2D eigenvalue weighted by Crippen LogP contribution is 2.19. The fourth-order valence-electron chi connectivity index (χ4n) is 3.74. The Morgan fingerprint density at radius 3 is 1.59 bits per heavy atom. The highest BCUT2D eigenvalue weighted by Gasteiger charge is 2.17. The quantitative estimate of drug-likeness (QED) is 0.0664. The minimum Gasteiger partial charge on any atom is -0.462 e. The molecule has 0 rings (SSSR count). The molecule has 0 aromatic rings. The summed E-state index contributed by atoms with van der Waals surface area (Å²) < 4.78 is 20.8. The second-order valence-electron chi connectivity index (χ2n) is 8.85. The molecule has 0 aromatic carbocycles. The average Bonchev–Trinajstić information content (AvgIpc) is 2.89. The molecule has 0 amide bonds. The Bertz CT molecular complexity index is 700. The van der Waals surface area contributed by atoms with Crippen LogP contribution in [0.1, 0.15) is 96.8 Å². The van der Waals surface area contributed by atoms with Crippen molar-refractivity contribution in [2.45, 2.75) is 109 Å². The maximum Gasteiger partial charge on any atom is 0.330 e. The van der Waals surface area contributed by atoms with Crippen molar-refractivity contribution < 1.29 is 38.1 Å². The van der Waals surface area contributed by atoms with Crippen LogP contribution in [0.3, 0.4) is 0 Å². The fourth-order valence-corrected chi connectivity index (χ4v) is 3.74. The number of rotatable bonds is 24. The van der Waals surface area contributed by atoms with Crippen LogP contribution in [0, 0.1) is 0 Å². The third-order valence-corrected chi connectivity index (χ3v) is 5.75. The largest absolute Gasteiger partial charge is 0.462 e. The molecular formula is C29H46O8. The molecule has 0 N–H and O–H groups in total. The number of unbranched alkanes of at least 4 members (excludes halogenated alkanes) is 6. The third kappa shape index (κ3) is 20.9. The Morgan fingerprint density at radius 1 is 0.595 bits per heavy atom. The molecule has 2 atom stereocenters. The maximum atomic E-state index is 11.8. The average molecular weight is 523 g/mol. The minimum absolute atomic E-state index is 0.0215. The SMILES string of the molecule is C=CC(=O)OCCOC(=O)CCCCCCCC(CCCC(CCCCC)OC(=O)C=C)OC(=O)C=C. The summed E-state index contributed by atoms with van der Waals surface area (Å²) in [5.74, 6) is -1.69. The molecule has 0 aliphatic carbocycles. The Hall–Kier alpha value is -2.90. The van der Waals surface area contributed by atoms with E-state index in [1.54, 1.807) is 0 Å². The van der Waals surface area contributed by atoms with Crippen molar-refractivity contribution in [3.05, 3.63) is 38.0 Å². The molecule has 0 heterocycles. The smallest absolute Gasteiger partial charge is 0.330 e. The molecule has 8 nitrogen and oxygen atoms in total. The van der Waals surface area contributed by atoms with E-state index < -0.39 is 17.9 Å². The summed E-state index contributed by atoms with van der Waals surface area (Å²) >= 11 is 0. The number of hydrogen-bond donors (Lipinski definition) is 0. The van der Waals surface area contributed by atoms with E-state index in [2.05, 4.69) is 26.7 Å². The fraction of sp³-hybridized carbons (Fsp3) is 0.655. The van der Waals surface area contributed by atoms with Gasteiger partial charge in [-0.2, -0.15) is 0 Å². The van der Waals surface area contributed by atoms with Crippen LogP contribution in [-0.4, -0.2) is 49.3 Å². The topological polar surface area (TPSA) is 105 Å². The molecule has 210 valence electrons. The van der Waals surface area contributed by atoms with Crippen molar-refractivity contribution in [2.24, 2.45) is 0 Å². The number of hydrogen-bond acceptors (Lipinski definition) is 8. The van der Waals surface area contributed by atoms with Crippen LogP contribution in [0.25, 0.3) is 0 Å². The van der Waals surface area contributed by atoms with Crippen molar-refractivity contribution in [1.82, 2.24) is 0 Å². The van der Waals surface area contributed by atoms with Crippen LogP contribution >= 0.6 is 0 Å². The molecule has 0 aliphatic rings. The van der Waals surface area contributed by atoms with E-state index in [0.29, 0.717) is 12.8 Å². The van der Waals surface area contributed by atoms with Gasteiger partial charge in [0.15, 0.2) is 0 Å². The van der Waals surface area contributed by atoms with Gasteiger partial charge in [0.05, 0.1) is 0 Å². The minimum atomic E-state index is -0.543. The summed E-state index contributed by atoms with van der Waals surface area (Å²) in [7, 11) is 0. The van der Waals surface area contributed by atoms with Gasteiger partial charge in [-0.25, -0.2) is 14.4 Å². The second kappa shape index (κ2) is 23.5. The first kappa shape index (κ1) is 34.1. The number of esters is 4. The molecule has 37 heavy (non-hydrogen) atoms. The first-order chi connectivity index (χ1) is 17.9. The second-order valence-corrected chi connectivity index (χ2v) is 8.85. The van der Waals surface area contributed by atoms with E-state index in [1.165, 1.54) is 12.2 Å². The zero-order valence-corrected chi connectivity index (χ0v) is 22.6. The number of carbonyl (C=O) groups is 4. The summed E-state index contributed by atoms with van der Waals surface area (Å²) in [5.41, 5.74) is 0. The highest BCUT2D eigenvalue weighted by molar-refractivity contribution is 5.82. The zero-order valence-electron chi connectivity index (χ0n) is 22.6. The highest BCUT2D eigenvalue weighted by atomic mass is 16.6.